The van der Waals surface area contributed by atoms with Crippen molar-refractivity contribution < 1.29 is 0 Å². The third kappa shape index (κ3) is 2.57. The highest BCUT2D eigenvalue weighted by molar-refractivity contribution is 5.40. The van der Waals surface area contributed by atoms with Crippen LogP contribution in [0, 0.1) is 5.92 Å². The molecule has 2 rings (SSSR count). The van der Waals surface area contributed by atoms with Crippen LogP contribution in [0.5, 0.6) is 0 Å². The Morgan fingerprint density at radius 1 is 0.842 bits per heavy atom. The minimum absolute atomic E-state index is 0.0112. The van der Waals surface area contributed by atoms with Crippen LogP contribution < -0.4 is 5.73 Å². The van der Waals surface area contributed by atoms with E-state index >= 15 is 0 Å². The Hall–Kier alpha value is -1.60. The van der Waals surface area contributed by atoms with E-state index in [-0.39, 0.29) is 5.41 Å². The Kier molecular flexibility index (Phi) is 4.39. The van der Waals surface area contributed by atoms with Gasteiger partial charge < -0.3 is 5.73 Å². The molecule has 0 radical (unpaired) electrons. The van der Waals surface area contributed by atoms with Gasteiger partial charge in [0.2, 0.25) is 0 Å². The molecule has 0 aliphatic rings. The second-order valence-electron chi connectivity index (χ2n) is 5.40. The lowest BCUT2D eigenvalue weighted by atomic mass is 9.65. The average molecular weight is 253 g/mol. The summed E-state index contributed by atoms with van der Waals surface area (Å²) in [6.45, 7) is 5.27. The molecule has 0 unspecified atom stereocenters. The van der Waals surface area contributed by atoms with E-state index in [1.165, 1.54) is 11.1 Å². The largest absolute Gasteiger partial charge is 0.330 e. The van der Waals surface area contributed by atoms with Gasteiger partial charge in [0.1, 0.15) is 0 Å². The maximum Gasteiger partial charge on any atom is 0.0237 e. The van der Waals surface area contributed by atoms with Gasteiger partial charge in [-0.3, -0.25) is 0 Å². The molecule has 0 heterocycles. The molecule has 0 spiro atoms. The van der Waals surface area contributed by atoms with Crippen molar-refractivity contribution in [2.75, 3.05) is 6.54 Å². The third-order valence-corrected chi connectivity index (χ3v) is 4.10. The minimum Gasteiger partial charge on any atom is -0.330 e. The first-order valence-corrected chi connectivity index (χ1v) is 7.03. The van der Waals surface area contributed by atoms with Gasteiger partial charge in [0, 0.05) is 5.41 Å². The highest BCUT2D eigenvalue weighted by Crippen LogP contribution is 2.41. The Morgan fingerprint density at radius 2 is 1.26 bits per heavy atom. The van der Waals surface area contributed by atoms with Gasteiger partial charge in [0.25, 0.3) is 0 Å². The summed E-state index contributed by atoms with van der Waals surface area (Å²) in [5.74, 6) is 0.501. The van der Waals surface area contributed by atoms with E-state index in [1.807, 2.05) is 0 Å². The average Bonchev–Trinajstić information content (AvgIpc) is 2.46. The summed E-state index contributed by atoms with van der Waals surface area (Å²) in [6.07, 6.45) is 0.971. The lowest BCUT2D eigenvalue weighted by Crippen LogP contribution is -2.36. The van der Waals surface area contributed by atoms with Crippen LogP contribution in [0.3, 0.4) is 0 Å². The number of benzene rings is 2. The fourth-order valence-electron chi connectivity index (χ4n) is 3.11. The molecule has 0 aromatic heterocycles. The molecule has 0 saturated carbocycles. The summed E-state index contributed by atoms with van der Waals surface area (Å²) in [4.78, 5) is 0. The molecule has 1 heteroatoms. The predicted octanol–water partition coefficient (Wildman–Crippen LogP) is 3.98. The van der Waals surface area contributed by atoms with Crippen molar-refractivity contribution in [1.82, 2.24) is 0 Å². The molecule has 0 amide bonds. The van der Waals surface area contributed by atoms with Crippen molar-refractivity contribution in [1.29, 1.82) is 0 Å². The second kappa shape index (κ2) is 6.03. The molecular formula is C18H23N. The molecule has 2 N–H and O–H groups in total. The molecule has 0 bridgehead atoms. The van der Waals surface area contributed by atoms with E-state index in [0.29, 0.717) is 12.5 Å². The monoisotopic (exact) mass is 253 g/mol. The molecule has 0 saturated heterocycles. The molecule has 0 aliphatic heterocycles. The summed E-state index contributed by atoms with van der Waals surface area (Å²) in [6, 6.07) is 21.5. The summed E-state index contributed by atoms with van der Waals surface area (Å²) in [7, 11) is 0. The van der Waals surface area contributed by atoms with Gasteiger partial charge in [-0.15, -0.1) is 0 Å². The Labute approximate surface area is 116 Å². The van der Waals surface area contributed by atoms with Gasteiger partial charge >= 0.3 is 0 Å². The van der Waals surface area contributed by atoms with E-state index in [9.17, 15) is 0 Å². The van der Waals surface area contributed by atoms with Crippen molar-refractivity contribution in [2.24, 2.45) is 11.7 Å². The third-order valence-electron chi connectivity index (χ3n) is 4.10. The highest BCUT2D eigenvalue weighted by atomic mass is 14.6. The fourth-order valence-corrected chi connectivity index (χ4v) is 3.11. The lowest BCUT2D eigenvalue weighted by molar-refractivity contribution is 0.349. The topological polar surface area (TPSA) is 26.0 Å². The molecule has 2 aromatic rings. The van der Waals surface area contributed by atoms with Gasteiger partial charge in [-0.1, -0.05) is 74.5 Å². The van der Waals surface area contributed by atoms with Crippen LogP contribution >= 0.6 is 0 Å². The minimum atomic E-state index is 0.0112. The Bertz CT molecular complexity index is 448. The van der Waals surface area contributed by atoms with Crippen molar-refractivity contribution in [2.45, 2.75) is 25.7 Å². The van der Waals surface area contributed by atoms with Crippen LogP contribution in [-0.4, -0.2) is 6.54 Å². The van der Waals surface area contributed by atoms with E-state index in [0.717, 1.165) is 6.42 Å². The zero-order chi connectivity index (χ0) is 13.7. The van der Waals surface area contributed by atoms with Gasteiger partial charge in [0.15, 0.2) is 0 Å². The van der Waals surface area contributed by atoms with Crippen molar-refractivity contribution in [3.63, 3.8) is 0 Å². The zero-order valence-corrected chi connectivity index (χ0v) is 11.8. The SMILES string of the molecule is CC(C)C(CCN)(c1ccccc1)c1ccccc1. The molecule has 0 aliphatic carbocycles. The van der Waals surface area contributed by atoms with Gasteiger partial charge in [0.05, 0.1) is 0 Å². The van der Waals surface area contributed by atoms with Crippen LogP contribution in [0.4, 0.5) is 0 Å². The standard InChI is InChI=1S/C18H23N/c1-15(2)18(13-14-19,16-9-5-3-6-10-16)17-11-7-4-8-12-17/h3-12,15H,13-14,19H2,1-2H3. The normalized spacial score (nSPS) is 11.8. The molecule has 1 nitrogen and oxygen atoms in total. The Balaban J connectivity index is 2.61. The van der Waals surface area contributed by atoms with Gasteiger partial charge in [-0.2, -0.15) is 0 Å². The van der Waals surface area contributed by atoms with Crippen molar-refractivity contribution >= 4 is 0 Å². The Morgan fingerprint density at radius 3 is 1.58 bits per heavy atom. The molecule has 19 heavy (non-hydrogen) atoms. The van der Waals surface area contributed by atoms with E-state index in [2.05, 4.69) is 74.5 Å². The van der Waals surface area contributed by atoms with Crippen molar-refractivity contribution in [3.8, 4) is 0 Å². The van der Waals surface area contributed by atoms with E-state index in [1.54, 1.807) is 0 Å². The first kappa shape index (κ1) is 13.8. The van der Waals surface area contributed by atoms with Crippen LogP contribution in [0.25, 0.3) is 0 Å². The van der Waals surface area contributed by atoms with Crippen LogP contribution in [0.15, 0.2) is 60.7 Å². The van der Waals surface area contributed by atoms with Gasteiger partial charge in [-0.05, 0) is 30.0 Å². The zero-order valence-electron chi connectivity index (χ0n) is 11.8. The number of rotatable bonds is 5. The predicted molar refractivity (Wildman–Crippen MR) is 82.2 cm³/mol. The smallest absolute Gasteiger partial charge is 0.0237 e. The molecular weight excluding hydrogens is 230 g/mol. The van der Waals surface area contributed by atoms with E-state index in [4.69, 9.17) is 5.73 Å². The first-order chi connectivity index (χ1) is 9.21. The number of hydrogen-bond donors (Lipinski definition) is 1. The molecule has 0 atom stereocenters. The fraction of sp³-hybridized carbons (Fsp3) is 0.333. The van der Waals surface area contributed by atoms with Crippen LogP contribution in [0.1, 0.15) is 31.4 Å². The maximum atomic E-state index is 5.93. The van der Waals surface area contributed by atoms with Crippen LogP contribution in [-0.2, 0) is 5.41 Å². The highest BCUT2D eigenvalue weighted by Gasteiger charge is 2.36. The molecule has 0 fully saturated rings. The van der Waals surface area contributed by atoms with E-state index < -0.39 is 0 Å². The maximum absolute atomic E-state index is 5.93. The summed E-state index contributed by atoms with van der Waals surface area (Å²) in [5.41, 5.74) is 8.66. The summed E-state index contributed by atoms with van der Waals surface area (Å²) in [5, 5.41) is 0. The number of hydrogen-bond acceptors (Lipinski definition) is 1. The van der Waals surface area contributed by atoms with Gasteiger partial charge in [-0.25, -0.2) is 0 Å². The van der Waals surface area contributed by atoms with Crippen LogP contribution in [0.2, 0.25) is 0 Å². The summed E-state index contributed by atoms with van der Waals surface area (Å²) >= 11 is 0. The summed E-state index contributed by atoms with van der Waals surface area (Å²) < 4.78 is 0. The number of nitrogens with two attached hydrogens (primary N) is 1. The first-order valence-electron chi connectivity index (χ1n) is 7.03. The lowest BCUT2D eigenvalue weighted by Gasteiger charge is -2.39. The van der Waals surface area contributed by atoms with Crippen molar-refractivity contribution in [3.05, 3.63) is 71.8 Å². The quantitative estimate of drug-likeness (QED) is 0.857. The molecule has 2 aromatic carbocycles. The second-order valence-corrected chi connectivity index (χ2v) is 5.40. The molecule has 100 valence electrons.